The van der Waals surface area contributed by atoms with Crippen LogP contribution in [0, 0.1) is 0 Å². The Morgan fingerprint density at radius 2 is 1.94 bits per heavy atom. The topological polar surface area (TPSA) is 103 Å². The van der Waals surface area contributed by atoms with Crippen LogP contribution >= 0.6 is 11.8 Å². The molecule has 35 heavy (non-hydrogen) atoms. The van der Waals surface area contributed by atoms with E-state index in [4.69, 9.17) is 10.8 Å². The Labute approximate surface area is 224 Å². The number of thioether (sulfide) groups is 1. The van der Waals surface area contributed by atoms with E-state index in [9.17, 15) is 4.79 Å². The van der Waals surface area contributed by atoms with Crippen LogP contribution in [0.4, 0.5) is 5.69 Å². The van der Waals surface area contributed by atoms with Crippen molar-refractivity contribution < 1.29 is 30.3 Å². The molecule has 9 heteroatoms. The Morgan fingerprint density at radius 1 is 1.20 bits per heavy atom. The van der Waals surface area contributed by atoms with E-state index in [-0.39, 0.29) is 45.2 Å². The molecule has 0 saturated heterocycles. The summed E-state index contributed by atoms with van der Waals surface area (Å²) in [5.41, 5.74) is 12.4. The summed E-state index contributed by atoms with van der Waals surface area (Å²) in [4.78, 5) is 17.9. The third-order valence-electron chi connectivity index (χ3n) is 4.86. The third-order valence-corrected chi connectivity index (χ3v) is 5.88. The molecule has 3 aromatic rings. The zero-order valence-corrected chi connectivity index (χ0v) is 22.2. The number of hydrogen-bond acceptors (Lipinski definition) is 5. The van der Waals surface area contributed by atoms with Crippen molar-refractivity contribution in [1.82, 2.24) is 15.1 Å². The standard InChI is InChI=1S/C24H25N5OS.C2H6O.Pd/c1-2-10-26-24(30)19-11-18-8-9-20(13-22(18)28-23(25)12-19)29-15-21(14-27-29)31-16-17-6-4-3-5-7-17;1-2-3;/h3-9,11,13-15H,2,10,12,16H2,1H3,(H3,25,26,28,30);3H,2H2,1H3;/p-1. The number of carbonyl (C=O) groups excluding carboxylic acids is 1. The van der Waals surface area contributed by atoms with Gasteiger partial charge in [-0.15, -0.1) is 11.8 Å². The fourth-order valence-electron chi connectivity index (χ4n) is 3.26. The Balaban J connectivity index is 0.00000103. The van der Waals surface area contributed by atoms with Gasteiger partial charge in [-0.3, -0.25) is 4.79 Å². The molecular formula is C26H30N5O2PdS-. The van der Waals surface area contributed by atoms with E-state index >= 15 is 0 Å². The van der Waals surface area contributed by atoms with Gasteiger partial charge in [-0.25, -0.2) is 4.68 Å². The second kappa shape index (κ2) is 14.6. The molecule has 0 unspecified atom stereocenters. The molecule has 3 N–H and O–H groups in total. The van der Waals surface area contributed by atoms with E-state index in [1.807, 2.05) is 66.5 Å². The fraction of sp³-hybridized carbons (Fsp3) is 0.269. The number of aliphatic hydroxyl groups is 1. The van der Waals surface area contributed by atoms with Crippen LogP contribution in [-0.4, -0.2) is 39.8 Å². The molecule has 0 bridgehead atoms. The van der Waals surface area contributed by atoms with Crippen LogP contribution in [0.2, 0.25) is 0 Å². The number of benzene rings is 2. The quantitative estimate of drug-likeness (QED) is 0.281. The maximum absolute atomic E-state index is 12.4. The summed E-state index contributed by atoms with van der Waals surface area (Å²) in [6.45, 7) is 4.56. The molecule has 1 aliphatic rings. The van der Waals surface area contributed by atoms with Crippen molar-refractivity contribution in [2.24, 2.45) is 4.99 Å². The van der Waals surface area contributed by atoms with Gasteiger partial charge in [0.05, 0.1) is 11.9 Å². The minimum absolute atomic E-state index is 0. The van der Waals surface area contributed by atoms with Gasteiger partial charge in [0.1, 0.15) is 0 Å². The van der Waals surface area contributed by atoms with Gasteiger partial charge < -0.3 is 21.1 Å². The number of rotatable bonds is 7. The number of amides is 1. The predicted molar refractivity (Wildman–Crippen MR) is 140 cm³/mol. The molecule has 0 spiro atoms. The summed E-state index contributed by atoms with van der Waals surface area (Å²) in [5, 5.41) is 14.9. The number of nitrogens with zero attached hydrogens (tertiary/aromatic N) is 3. The third kappa shape index (κ3) is 8.48. The Kier molecular flexibility index (Phi) is 11.9. The SMILES string of the molecule is CCCNC(=O)C1=Cc2ccc(-n3cc(SCc4ccccc4)cn3)cc2N=C([NH-])C1.CCO.[Pd]. The summed E-state index contributed by atoms with van der Waals surface area (Å²) in [5.74, 6) is 0.927. The number of aromatic nitrogens is 2. The number of aliphatic hydroxyl groups excluding tert-OH is 1. The molecular weight excluding hydrogens is 553 g/mol. The zero-order chi connectivity index (χ0) is 24.3. The number of aliphatic imine (C=N–C) groups is 1. The molecule has 0 fully saturated rings. The van der Waals surface area contributed by atoms with Crippen LogP contribution in [0.25, 0.3) is 17.5 Å². The summed E-state index contributed by atoms with van der Waals surface area (Å²) in [7, 11) is 0. The van der Waals surface area contributed by atoms with Crippen LogP contribution in [-0.2, 0) is 31.0 Å². The van der Waals surface area contributed by atoms with Crippen molar-refractivity contribution in [3.8, 4) is 5.69 Å². The van der Waals surface area contributed by atoms with Gasteiger partial charge in [-0.2, -0.15) is 5.10 Å². The second-order valence-electron chi connectivity index (χ2n) is 7.61. The first-order chi connectivity index (χ1) is 16.5. The molecule has 0 radical (unpaired) electrons. The molecule has 2 aromatic carbocycles. The van der Waals surface area contributed by atoms with Gasteiger partial charge in [0.2, 0.25) is 5.91 Å². The Morgan fingerprint density at radius 3 is 2.66 bits per heavy atom. The predicted octanol–water partition coefficient (Wildman–Crippen LogP) is 5.56. The molecule has 0 atom stereocenters. The first kappa shape index (κ1) is 28.5. The van der Waals surface area contributed by atoms with Gasteiger partial charge in [-0.1, -0.05) is 49.2 Å². The molecule has 188 valence electrons. The van der Waals surface area contributed by atoms with E-state index in [0.29, 0.717) is 17.8 Å². The van der Waals surface area contributed by atoms with Crippen molar-refractivity contribution in [3.05, 3.63) is 83.4 Å². The summed E-state index contributed by atoms with van der Waals surface area (Å²) in [6.07, 6.45) is 6.78. The van der Waals surface area contributed by atoms with Gasteiger partial charge in [0, 0.05) is 56.0 Å². The van der Waals surface area contributed by atoms with Crippen LogP contribution in [0.3, 0.4) is 0 Å². The molecule has 4 rings (SSSR count). The fourth-order valence-corrected chi connectivity index (χ4v) is 4.08. The van der Waals surface area contributed by atoms with E-state index in [0.717, 1.165) is 28.3 Å². The normalized spacial score (nSPS) is 12.1. The van der Waals surface area contributed by atoms with Crippen molar-refractivity contribution >= 4 is 35.3 Å². The summed E-state index contributed by atoms with van der Waals surface area (Å²) >= 11 is 1.74. The maximum Gasteiger partial charge on any atom is 0.247 e. The van der Waals surface area contributed by atoms with Crippen molar-refractivity contribution in [1.29, 1.82) is 0 Å². The monoisotopic (exact) mass is 582 g/mol. The van der Waals surface area contributed by atoms with Crippen LogP contribution < -0.4 is 5.32 Å². The van der Waals surface area contributed by atoms with Gasteiger partial charge in [-0.05, 0) is 54.8 Å². The smallest absolute Gasteiger partial charge is 0.247 e. The average Bonchev–Trinajstić information content (AvgIpc) is 3.25. The van der Waals surface area contributed by atoms with Crippen LogP contribution in [0.15, 0.2) is 76.4 Å². The number of amidine groups is 1. The largest absolute Gasteiger partial charge is 0.485 e. The second-order valence-corrected chi connectivity index (χ2v) is 8.66. The van der Waals surface area contributed by atoms with E-state index in [2.05, 4.69) is 27.5 Å². The molecule has 1 aromatic heterocycles. The van der Waals surface area contributed by atoms with E-state index in [1.54, 1.807) is 18.7 Å². The molecule has 0 aliphatic carbocycles. The number of hydrogen-bond donors (Lipinski definition) is 2. The zero-order valence-electron chi connectivity index (χ0n) is 19.8. The molecule has 1 amide bonds. The molecule has 0 saturated carbocycles. The van der Waals surface area contributed by atoms with E-state index < -0.39 is 0 Å². The first-order valence-electron chi connectivity index (χ1n) is 11.3. The molecule has 7 nitrogen and oxygen atoms in total. The van der Waals surface area contributed by atoms with Gasteiger partial charge in [0.25, 0.3) is 0 Å². The van der Waals surface area contributed by atoms with Crippen molar-refractivity contribution in [3.63, 3.8) is 0 Å². The van der Waals surface area contributed by atoms with Gasteiger partial charge in [0.15, 0.2) is 0 Å². The minimum Gasteiger partial charge on any atom is -0.485 e. The van der Waals surface area contributed by atoms with Gasteiger partial charge >= 0.3 is 0 Å². The average molecular weight is 583 g/mol. The molecule has 2 heterocycles. The number of fused-ring (bicyclic) bond motifs is 1. The summed E-state index contributed by atoms with van der Waals surface area (Å²) < 4.78 is 1.82. The Bertz CT molecular complexity index is 1160. The van der Waals surface area contributed by atoms with Crippen molar-refractivity contribution in [2.75, 3.05) is 13.2 Å². The van der Waals surface area contributed by atoms with E-state index in [1.165, 1.54) is 5.56 Å². The van der Waals surface area contributed by atoms with Crippen LogP contribution in [0.1, 0.15) is 37.8 Å². The molecule has 1 aliphatic heterocycles. The number of carbonyl (C=O) groups is 1. The maximum atomic E-state index is 12.4. The van der Waals surface area contributed by atoms with Crippen molar-refractivity contribution in [2.45, 2.75) is 37.3 Å². The first-order valence-corrected chi connectivity index (χ1v) is 12.3. The van der Waals surface area contributed by atoms with Crippen LogP contribution in [0.5, 0.6) is 0 Å². The number of nitrogens with one attached hydrogen (secondary N) is 2. The minimum atomic E-state index is -0.133. The Hall–Kier alpha value is -2.70. The summed E-state index contributed by atoms with van der Waals surface area (Å²) in [6, 6.07) is 16.1.